The highest BCUT2D eigenvalue weighted by atomic mass is 35.5. The van der Waals surface area contributed by atoms with Crippen LogP contribution in [0.15, 0.2) is 47.4 Å². The molecule has 0 aliphatic heterocycles. The summed E-state index contributed by atoms with van der Waals surface area (Å²) in [6.07, 6.45) is 0. The Morgan fingerprint density at radius 1 is 1.14 bits per heavy atom. The topological polar surface area (TPSA) is 89.3 Å². The number of nitro benzene ring substituents is 1. The Hall–Kier alpha value is -2.19. The molecule has 2 aromatic carbocycles. The van der Waals surface area contributed by atoms with Gasteiger partial charge in [0.1, 0.15) is 0 Å². The van der Waals surface area contributed by atoms with Crippen LogP contribution in [0.1, 0.15) is 0 Å². The molecule has 0 radical (unpaired) electrons. The van der Waals surface area contributed by atoms with Gasteiger partial charge in [0.25, 0.3) is 15.7 Å². The minimum Gasteiger partial charge on any atom is -0.276 e. The predicted molar refractivity (Wildman–Crippen MR) is 75.3 cm³/mol. The van der Waals surface area contributed by atoms with Crippen LogP contribution in [0, 0.1) is 15.9 Å². The summed E-state index contributed by atoms with van der Waals surface area (Å²) in [4.78, 5) is 9.47. The highest BCUT2D eigenvalue weighted by Gasteiger charge is 2.26. The number of hydrogen-bond donors (Lipinski definition) is 1. The number of nitrogens with zero attached hydrogens (tertiary/aromatic N) is 1. The van der Waals surface area contributed by atoms with Gasteiger partial charge in [-0.25, -0.2) is 12.8 Å². The van der Waals surface area contributed by atoms with Crippen molar-refractivity contribution in [2.45, 2.75) is 4.90 Å². The third-order valence-electron chi connectivity index (χ3n) is 2.55. The second kappa shape index (κ2) is 5.66. The molecule has 0 aliphatic rings. The van der Waals surface area contributed by atoms with Crippen molar-refractivity contribution in [3.63, 3.8) is 0 Å². The van der Waals surface area contributed by atoms with Gasteiger partial charge in [0.15, 0.2) is 10.7 Å². The molecule has 0 heterocycles. The molecule has 110 valence electrons. The fourth-order valence-electron chi connectivity index (χ4n) is 1.62. The van der Waals surface area contributed by atoms with E-state index in [2.05, 4.69) is 0 Å². The zero-order valence-corrected chi connectivity index (χ0v) is 11.9. The van der Waals surface area contributed by atoms with E-state index in [1.165, 1.54) is 24.3 Å². The monoisotopic (exact) mass is 330 g/mol. The summed E-state index contributed by atoms with van der Waals surface area (Å²) in [7, 11) is -4.32. The first-order valence-corrected chi connectivity index (χ1v) is 7.39. The van der Waals surface area contributed by atoms with E-state index in [0.29, 0.717) is 0 Å². The predicted octanol–water partition coefficient (Wildman–Crippen LogP) is 3.19. The molecule has 1 N–H and O–H groups in total. The van der Waals surface area contributed by atoms with Crippen molar-refractivity contribution in [1.29, 1.82) is 0 Å². The summed E-state index contributed by atoms with van der Waals surface area (Å²) in [5.74, 6) is -0.957. The van der Waals surface area contributed by atoms with Gasteiger partial charge in [0.05, 0.1) is 15.6 Å². The number of benzene rings is 2. The van der Waals surface area contributed by atoms with Gasteiger partial charge in [-0.3, -0.25) is 14.8 Å². The molecule has 9 heteroatoms. The average molecular weight is 331 g/mol. The molecule has 0 amide bonds. The molecule has 0 unspecified atom stereocenters. The molecule has 0 fully saturated rings. The fraction of sp³-hybridized carbons (Fsp3) is 0. The number of nitrogens with one attached hydrogen (secondary N) is 1. The van der Waals surface area contributed by atoms with Crippen LogP contribution in [0.5, 0.6) is 0 Å². The molecule has 6 nitrogen and oxygen atoms in total. The van der Waals surface area contributed by atoms with Gasteiger partial charge in [-0.05, 0) is 18.2 Å². The zero-order chi connectivity index (χ0) is 15.6. The van der Waals surface area contributed by atoms with Crippen LogP contribution >= 0.6 is 11.6 Å². The smallest absolute Gasteiger partial charge is 0.276 e. The number of sulfonamides is 1. The molecule has 0 saturated carbocycles. The van der Waals surface area contributed by atoms with Crippen LogP contribution in [-0.4, -0.2) is 13.3 Å². The number of nitro groups is 1. The van der Waals surface area contributed by atoms with Crippen molar-refractivity contribution < 1.29 is 17.7 Å². The van der Waals surface area contributed by atoms with Gasteiger partial charge in [-0.1, -0.05) is 29.8 Å². The number of anilines is 1. The van der Waals surface area contributed by atoms with Crippen molar-refractivity contribution in [2.24, 2.45) is 0 Å². The first-order valence-electron chi connectivity index (χ1n) is 5.53. The summed E-state index contributed by atoms with van der Waals surface area (Å²) in [6, 6.07) is 8.52. The maximum absolute atomic E-state index is 13.7. The lowest BCUT2D eigenvalue weighted by Crippen LogP contribution is -2.15. The Morgan fingerprint density at radius 3 is 2.48 bits per heavy atom. The van der Waals surface area contributed by atoms with Crippen LogP contribution in [0.2, 0.25) is 5.02 Å². The number of rotatable bonds is 4. The van der Waals surface area contributed by atoms with Crippen LogP contribution in [0.4, 0.5) is 15.8 Å². The highest BCUT2D eigenvalue weighted by Crippen LogP contribution is 2.28. The van der Waals surface area contributed by atoms with E-state index in [9.17, 15) is 22.9 Å². The molecule has 21 heavy (non-hydrogen) atoms. The van der Waals surface area contributed by atoms with Crippen molar-refractivity contribution in [1.82, 2.24) is 0 Å². The van der Waals surface area contributed by atoms with E-state index in [1.54, 1.807) is 0 Å². The first-order chi connectivity index (χ1) is 9.83. The largest absolute Gasteiger partial charge is 0.289 e. The molecule has 0 aromatic heterocycles. The highest BCUT2D eigenvalue weighted by molar-refractivity contribution is 7.92. The number of hydrogen-bond acceptors (Lipinski definition) is 4. The van der Waals surface area contributed by atoms with Gasteiger partial charge in [0, 0.05) is 6.07 Å². The van der Waals surface area contributed by atoms with Crippen molar-refractivity contribution in [3.8, 4) is 0 Å². The second-order valence-corrected chi connectivity index (χ2v) is 5.99. The van der Waals surface area contributed by atoms with Crippen LogP contribution in [0.25, 0.3) is 0 Å². The molecular weight excluding hydrogens is 323 g/mol. The van der Waals surface area contributed by atoms with Gasteiger partial charge in [-0.15, -0.1) is 0 Å². The zero-order valence-electron chi connectivity index (χ0n) is 10.3. The minimum atomic E-state index is -4.32. The third kappa shape index (κ3) is 3.11. The molecule has 0 aliphatic carbocycles. The normalized spacial score (nSPS) is 11.1. The summed E-state index contributed by atoms with van der Waals surface area (Å²) < 4.78 is 40.0. The fourth-order valence-corrected chi connectivity index (χ4v) is 3.02. The van der Waals surface area contributed by atoms with E-state index in [-0.39, 0.29) is 10.7 Å². The summed E-state index contributed by atoms with van der Waals surface area (Å²) in [6.45, 7) is 0. The molecule has 0 saturated heterocycles. The van der Waals surface area contributed by atoms with E-state index in [4.69, 9.17) is 11.6 Å². The lowest BCUT2D eigenvalue weighted by molar-refractivity contribution is -0.387. The lowest BCUT2D eigenvalue weighted by atomic mass is 10.3. The van der Waals surface area contributed by atoms with Crippen molar-refractivity contribution in [2.75, 3.05) is 4.72 Å². The molecule has 0 bridgehead atoms. The van der Waals surface area contributed by atoms with Crippen LogP contribution < -0.4 is 4.72 Å². The Balaban J connectivity index is 2.49. The summed E-state index contributed by atoms with van der Waals surface area (Å²) >= 11 is 5.55. The Kier molecular flexibility index (Phi) is 4.10. The van der Waals surface area contributed by atoms with E-state index in [1.807, 2.05) is 4.72 Å². The van der Waals surface area contributed by atoms with E-state index < -0.39 is 31.3 Å². The molecule has 2 rings (SSSR count). The van der Waals surface area contributed by atoms with Crippen molar-refractivity contribution >= 4 is 33.0 Å². The molecule has 0 spiro atoms. The Morgan fingerprint density at radius 2 is 1.81 bits per heavy atom. The van der Waals surface area contributed by atoms with E-state index >= 15 is 0 Å². The summed E-state index contributed by atoms with van der Waals surface area (Å²) in [5, 5.41) is 10.6. The van der Waals surface area contributed by atoms with Crippen molar-refractivity contribution in [3.05, 3.63) is 63.4 Å². The number of halogens is 2. The second-order valence-electron chi connectivity index (χ2n) is 3.93. The van der Waals surface area contributed by atoms with Crippen LogP contribution in [0.3, 0.4) is 0 Å². The van der Waals surface area contributed by atoms with Gasteiger partial charge in [0.2, 0.25) is 0 Å². The first kappa shape index (κ1) is 15.2. The van der Waals surface area contributed by atoms with Gasteiger partial charge < -0.3 is 0 Å². The standard InChI is InChI=1S/C12H8ClFN2O4S/c13-8-4-3-5-9(12(8)14)15-21(19,20)11-7-2-1-6-10(11)16(17)18/h1-7,15H. The van der Waals surface area contributed by atoms with Gasteiger partial charge >= 0.3 is 0 Å². The Labute approximate surface area is 124 Å². The SMILES string of the molecule is O=[N+]([O-])c1ccccc1S(=O)(=O)Nc1cccc(Cl)c1F. The quantitative estimate of drug-likeness (QED) is 0.688. The lowest BCUT2D eigenvalue weighted by Gasteiger charge is -2.09. The third-order valence-corrected chi connectivity index (χ3v) is 4.25. The maximum atomic E-state index is 13.7. The maximum Gasteiger partial charge on any atom is 0.289 e. The minimum absolute atomic E-state index is 0.266. The Bertz CT molecular complexity index is 811. The average Bonchev–Trinajstić information content (AvgIpc) is 2.44. The molecule has 0 atom stereocenters. The van der Waals surface area contributed by atoms with Gasteiger partial charge in [-0.2, -0.15) is 0 Å². The van der Waals surface area contributed by atoms with Crippen LogP contribution in [-0.2, 0) is 10.0 Å². The number of para-hydroxylation sites is 1. The molecular formula is C12H8ClFN2O4S. The molecule has 2 aromatic rings. The van der Waals surface area contributed by atoms with E-state index in [0.717, 1.165) is 18.2 Å². The summed E-state index contributed by atoms with van der Waals surface area (Å²) in [5.41, 5.74) is -0.993.